The summed E-state index contributed by atoms with van der Waals surface area (Å²) < 4.78 is 1.82. The van der Waals surface area contributed by atoms with Crippen LogP contribution in [0.5, 0.6) is 0 Å². The summed E-state index contributed by atoms with van der Waals surface area (Å²) in [6.45, 7) is 4.67. The van der Waals surface area contributed by atoms with Gasteiger partial charge >= 0.3 is 0 Å². The normalized spacial score (nSPS) is 12.9. The number of rotatable bonds is 6. The zero-order chi connectivity index (χ0) is 38.3. The Morgan fingerprint density at radius 2 is 1.16 bits per heavy atom. The van der Waals surface area contributed by atoms with Gasteiger partial charge in [-0.15, -0.1) is 0 Å². The van der Waals surface area contributed by atoms with Gasteiger partial charge in [-0.1, -0.05) is 159 Å². The summed E-state index contributed by atoms with van der Waals surface area (Å²) in [5.41, 5.74) is 15.3. The lowest BCUT2D eigenvalue weighted by Gasteiger charge is -2.29. The Balaban J connectivity index is 1.12. The van der Waals surface area contributed by atoms with Gasteiger partial charge in [0, 0.05) is 38.7 Å². The van der Waals surface area contributed by atoms with Crippen molar-refractivity contribution in [2.45, 2.75) is 19.3 Å². The Kier molecular flexibility index (Phi) is 7.32. The van der Waals surface area contributed by atoms with E-state index in [4.69, 9.17) is 4.98 Å². The molecule has 4 heteroatoms. The molecule has 11 rings (SSSR count). The molecule has 1 aliphatic carbocycles. The zero-order valence-electron chi connectivity index (χ0n) is 31.6. The molecule has 0 spiro atoms. The Bertz CT molecular complexity index is 3220. The number of benzene rings is 8. The van der Waals surface area contributed by atoms with E-state index in [1.807, 2.05) is 52.9 Å². The number of pyridine rings is 1. The maximum Gasteiger partial charge on any atom is 0.264 e. The number of imidazole rings is 1. The van der Waals surface area contributed by atoms with E-state index < -0.39 is 0 Å². The first-order valence-corrected chi connectivity index (χ1v) is 19.5. The van der Waals surface area contributed by atoms with Crippen LogP contribution in [0.3, 0.4) is 0 Å². The molecule has 2 heterocycles. The molecule has 10 aromatic rings. The van der Waals surface area contributed by atoms with Crippen LogP contribution in [0, 0.1) is 0 Å². The minimum atomic E-state index is -0.131. The van der Waals surface area contributed by atoms with Crippen molar-refractivity contribution in [2.24, 2.45) is 0 Å². The van der Waals surface area contributed by atoms with Crippen LogP contribution >= 0.6 is 0 Å². The lowest BCUT2D eigenvalue weighted by atomic mass is 9.82. The number of nitrogens with zero attached hydrogens (tertiary/aromatic N) is 3. The van der Waals surface area contributed by atoms with E-state index in [0.717, 1.165) is 61.1 Å². The maximum atomic E-state index is 14.2. The van der Waals surface area contributed by atoms with Gasteiger partial charge in [-0.2, -0.15) is 0 Å². The molecule has 0 saturated carbocycles. The van der Waals surface area contributed by atoms with Gasteiger partial charge in [0.25, 0.3) is 5.56 Å². The molecule has 0 radical (unpaired) electrons. The molecule has 2 aromatic heterocycles. The fourth-order valence-electron chi connectivity index (χ4n) is 9.26. The van der Waals surface area contributed by atoms with E-state index in [2.05, 4.69) is 158 Å². The fraction of sp³-hybridized carbons (Fsp3) is 0.0566. The lowest BCUT2D eigenvalue weighted by Crippen LogP contribution is -2.16. The van der Waals surface area contributed by atoms with Gasteiger partial charge in [0.05, 0.1) is 16.7 Å². The Morgan fingerprint density at radius 1 is 0.509 bits per heavy atom. The molecule has 4 nitrogen and oxygen atoms in total. The second-order valence-electron chi connectivity index (χ2n) is 15.5. The first-order chi connectivity index (χ1) is 28.0. The van der Waals surface area contributed by atoms with Crippen molar-refractivity contribution < 1.29 is 0 Å². The van der Waals surface area contributed by atoms with Crippen molar-refractivity contribution in [3.63, 3.8) is 0 Å². The van der Waals surface area contributed by atoms with Gasteiger partial charge in [-0.3, -0.25) is 9.20 Å². The van der Waals surface area contributed by atoms with Gasteiger partial charge in [0.15, 0.2) is 0 Å². The summed E-state index contributed by atoms with van der Waals surface area (Å²) >= 11 is 0. The Labute approximate surface area is 330 Å². The Morgan fingerprint density at radius 3 is 1.95 bits per heavy atom. The molecule has 0 fully saturated rings. The SMILES string of the molecule is CC1(C)c2ccccc2-c2c(N(c3ccc(-c4ccc5nc(-c6ccccc6)n6c(=O)c7ccccc7c4c56)cc3)c3cccc(-c4ccccc4)c3)cccc21. The van der Waals surface area contributed by atoms with Crippen LogP contribution in [-0.2, 0) is 5.41 Å². The average molecular weight is 732 g/mol. The van der Waals surface area contributed by atoms with Crippen LogP contribution < -0.4 is 10.5 Å². The topological polar surface area (TPSA) is 37.6 Å². The third kappa shape index (κ3) is 5.00. The first kappa shape index (κ1) is 33.1. The summed E-state index contributed by atoms with van der Waals surface area (Å²) in [7, 11) is 0. The minimum Gasteiger partial charge on any atom is -0.310 e. The summed E-state index contributed by atoms with van der Waals surface area (Å²) in [5.74, 6) is 0.660. The van der Waals surface area contributed by atoms with Gasteiger partial charge in [-0.25, -0.2) is 4.98 Å². The van der Waals surface area contributed by atoms with Crippen molar-refractivity contribution in [3.05, 3.63) is 210 Å². The average Bonchev–Trinajstić information content (AvgIpc) is 3.77. The van der Waals surface area contributed by atoms with Crippen LogP contribution in [0.15, 0.2) is 193 Å². The molecule has 0 unspecified atom stereocenters. The van der Waals surface area contributed by atoms with E-state index in [-0.39, 0.29) is 11.0 Å². The van der Waals surface area contributed by atoms with Crippen molar-refractivity contribution in [3.8, 4) is 44.8 Å². The predicted octanol–water partition coefficient (Wildman–Crippen LogP) is 13.2. The third-order valence-electron chi connectivity index (χ3n) is 12.0. The summed E-state index contributed by atoms with van der Waals surface area (Å²) in [4.78, 5) is 21.7. The van der Waals surface area contributed by atoms with E-state index in [1.54, 1.807) is 0 Å². The quantitative estimate of drug-likeness (QED) is 0.160. The van der Waals surface area contributed by atoms with Gasteiger partial charge < -0.3 is 4.90 Å². The Hall–Kier alpha value is -7.30. The summed E-state index contributed by atoms with van der Waals surface area (Å²) in [6, 6.07) is 66.1. The molecular formula is C53H37N3O. The van der Waals surface area contributed by atoms with Gasteiger partial charge in [-0.05, 0) is 86.8 Å². The molecule has 0 bridgehead atoms. The number of hydrogen-bond donors (Lipinski definition) is 0. The third-order valence-corrected chi connectivity index (χ3v) is 12.0. The largest absolute Gasteiger partial charge is 0.310 e. The molecule has 0 amide bonds. The molecule has 270 valence electrons. The molecule has 0 aliphatic heterocycles. The zero-order valence-corrected chi connectivity index (χ0v) is 31.6. The highest BCUT2D eigenvalue weighted by molar-refractivity contribution is 6.17. The van der Waals surface area contributed by atoms with Crippen molar-refractivity contribution in [2.75, 3.05) is 4.90 Å². The van der Waals surface area contributed by atoms with Gasteiger partial charge in [0.1, 0.15) is 5.82 Å². The highest BCUT2D eigenvalue weighted by Gasteiger charge is 2.37. The van der Waals surface area contributed by atoms with Gasteiger partial charge in [0.2, 0.25) is 0 Å². The molecule has 0 N–H and O–H groups in total. The number of aromatic nitrogens is 2. The van der Waals surface area contributed by atoms with Crippen molar-refractivity contribution >= 4 is 44.3 Å². The van der Waals surface area contributed by atoms with Crippen LogP contribution in [-0.4, -0.2) is 9.38 Å². The lowest BCUT2D eigenvalue weighted by molar-refractivity contribution is 0.660. The highest BCUT2D eigenvalue weighted by atomic mass is 16.1. The van der Waals surface area contributed by atoms with E-state index in [1.165, 1.54) is 27.8 Å². The second kappa shape index (κ2) is 12.6. The first-order valence-electron chi connectivity index (χ1n) is 19.5. The van der Waals surface area contributed by atoms with E-state index in [9.17, 15) is 4.79 Å². The van der Waals surface area contributed by atoms with Crippen molar-refractivity contribution in [1.82, 2.24) is 9.38 Å². The summed E-state index contributed by atoms with van der Waals surface area (Å²) in [6.07, 6.45) is 0. The molecule has 0 atom stereocenters. The van der Waals surface area contributed by atoms with Crippen LogP contribution in [0.1, 0.15) is 25.0 Å². The van der Waals surface area contributed by atoms with Crippen LogP contribution in [0.25, 0.3) is 72.0 Å². The van der Waals surface area contributed by atoms with Crippen LogP contribution in [0.2, 0.25) is 0 Å². The number of hydrogen-bond acceptors (Lipinski definition) is 3. The van der Waals surface area contributed by atoms with E-state index >= 15 is 0 Å². The fourth-order valence-corrected chi connectivity index (χ4v) is 9.26. The van der Waals surface area contributed by atoms with Crippen LogP contribution in [0.4, 0.5) is 17.1 Å². The molecular weight excluding hydrogens is 695 g/mol. The minimum absolute atomic E-state index is 0.0551. The number of fused-ring (bicyclic) bond motifs is 5. The predicted molar refractivity (Wildman–Crippen MR) is 236 cm³/mol. The van der Waals surface area contributed by atoms with E-state index in [0.29, 0.717) is 11.2 Å². The summed E-state index contributed by atoms with van der Waals surface area (Å²) in [5, 5.41) is 2.63. The van der Waals surface area contributed by atoms with Crippen molar-refractivity contribution in [1.29, 1.82) is 0 Å². The molecule has 1 aliphatic rings. The smallest absolute Gasteiger partial charge is 0.264 e. The second-order valence-corrected chi connectivity index (χ2v) is 15.5. The highest BCUT2D eigenvalue weighted by Crippen LogP contribution is 2.54. The number of anilines is 3. The molecule has 8 aromatic carbocycles. The monoisotopic (exact) mass is 731 g/mol. The molecule has 0 saturated heterocycles. The molecule has 57 heavy (non-hydrogen) atoms. The maximum absolute atomic E-state index is 14.2. The standard InChI is InChI=1S/C53H37N3O/c1-53(2)44-24-12-11-23-43(44)49-45(53)25-14-26-47(49)55(39-20-13-19-37(33-39)34-15-5-3-6-16-34)38-29-27-35(28-30-38)40-31-32-46-50-48(40)41-21-9-10-22-42(41)52(57)56(50)51(54-46)36-17-7-4-8-18-36/h3-33H,1-2H3.